The number of nitrogens with two attached hydrogens (primary N) is 1. The van der Waals surface area contributed by atoms with Gasteiger partial charge < -0.3 is 15.0 Å². The van der Waals surface area contributed by atoms with E-state index in [2.05, 4.69) is 41.5 Å². The first-order valence-electron chi connectivity index (χ1n) is 9.30. The summed E-state index contributed by atoms with van der Waals surface area (Å²) in [5, 5.41) is 0.879. The minimum atomic E-state index is -0.120. The molecule has 5 heteroatoms. The van der Waals surface area contributed by atoms with Crippen molar-refractivity contribution in [3.8, 4) is 22.6 Å². The minimum absolute atomic E-state index is 0.120. The number of ether oxygens (including phenoxy) is 1. The molecule has 0 amide bonds. The van der Waals surface area contributed by atoms with Gasteiger partial charge in [0.05, 0.1) is 5.39 Å². The van der Waals surface area contributed by atoms with Gasteiger partial charge in [-0.05, 0) is 63.1 Å². The predicted octanol–water partition coefficient (Wildman–Crippen LogP) is 5.54. The topological polar surface area (TPSA) is 66.0 Å². The van der Waals surface area contributed by atoms with Crippen molar-refractivity contribution in [3.63, 3.8) is 0 Å². The summed E-state index contributed by atoms with van der Waals surface area (Å²) in [6.07, 6.45) is 3.62. The summed E-state index contributed by atoms with van der Waals surface area (Å²) in [6.45, 7) is 8.49. The van der Waals surface area contributed by atoms with Crippen LogP contribution in [-0.2, 0) is 5.54 Å². The minimum Gasteiger partial charge on any atom is -0.457 e. The molecule has 0 saturated heterocycles. The molecule has 0 radical (unpaired) electrons. The second-order valence-electron chi connectivity index (χ2n) is 7.98. The molecule has 142 valence electrons. The molecule has 0 aliphatic heterocycles. The second-order valence-corrected chi connectivity index (χ2v) is 7.98. The van der Waals surface area contributed by atoms with Gasteiger partial charge in [-0.25, -0.2) is 9.97 Å². The fourth-order valence-electron chi connectivity index (χ4n) is 3.33. The Bertz CT molecular complexity index is 1140. The lowest BCUT2D eigenvalue weighted by Crippen LogP contribution is -2.21. The van der Waals surface area contributed by atoms with Crippen molar-refractivity contribution in [1.82, 2.24) is 14.5 Å². The van der Waals surface area contributed by atoms with Crippen molar-refractivity contribution >= 4 is 16.9 Å². The maximum atomic E-state index is 6.21. The molecule has 4 rings (SSSR count). The zero-order valence-corrected chi connectivity index (χ0v) is 16.6. The molecule has 28 heavy (non-hydrogen) atoms. The molecule has 4 aromatic rings. The van der Waals surface area contributed by atoms with Gasteiger partial charge in [-0.2, -0.15) is 0 Å². The van der Waals surface area contributed by atoms with Crippen LogP contribution in [0.15, 0.2) is 61.1 Å². The summed E-state index contributed by atoms with van der Waals surface area (Å²) in [7, 11) is 0. The van der Waals surface area contributed by atoms with Crippen LogP contribution in [0.3, 0.4) is 0 Å². The van der Waals surface area contributed by atoms with Gasteiger partial charge in [0.25, 0.3) is 0 Å². The van der Waals surface area contributed by atoms with Gasteiger partial charge in [-0.3, -0.25) is 0 Å². The maximum absolute atomic E-state index is 6.21. The number of hydrogen-bond acceptors (Lipinski definition) is 4. The van der Waals surface area contributed by atoms with E-state index in [1.807, 2.05) is 55.5 Å². The SMILES string of the molecule is Cc1cccc(Oc2ccc(-c3cn(C(C)(C)C)c4ncnc(N)c34)cc2)c1. The number of nitrogen functional groups attached to an aromatic ring is 1. The van der Waals surface area contributed by atoms with Crippen LogP contribution in [0.5, 0.6) is 11.5 Å². The lowest BCUT2D eigenvalue weighted by Gasteiger charge is -2.21. The molecule has 2 aromatic carbocycles. The number of hydrogen-bond donors (Lipinski definition) is 1. The molecule has 0 aliphatic carbocycles. The van der Waals surface area contributed by atoms with Crippen molar-refractivity contribution in [3.05, 3.63) is 66.6 Å². The molecule has 0 spiro atoms. The van der Waals surface area contributed by atoms with E-state index in [4.69, 9.17) is 10.5 Å². The molecule has 2 aromatic heterocycles. The first kappa shape index (κ1) is 18.0. The lowest BCUT2D eigenvalue weighted by molar-refractivity contribution is 0.408. The van der Waals surface area contributed by atoms with Crippen molar-refractivity contribution in [2.75, 3.05) is 5.73 Å². The third-order valence-corrected chi connectivity index (χ3v) is 4.73. The van der Waals surface area contributed by atoms with E-state index in [0.29, 0.717) is 5.82 Å². The summed E-state index contributed by atoms with van der Waals surface area (Å²) in [5.41, 5.74) is 10.2. The average molecular weight is 372 g/mol. The molecule has 5 nitrogen and oxygen atoms in total. The molecular weight excluding hydrogens is 348 g/mol. The molecule has 2 N–H and O–H groups in total. The number of benzene rings is 2. The highest BCUT2D eigenvalue weighted by Gasteiger charge is 2.21. The molecule has 0 fully saturated rings. The van der Waals surface area contributed by atoms with E-state index in [0.717, 1.165) is 33.7 Å². The smallest absolute Gasteiger partial charge is 0.146 e. The highest BCUT2D eigenvalue weighted by molar-refractivity contribution is 6.00. The summed E-state index contributed by atoms with van der Waals surface area (Å²) >= 11 is 0. The van der Waals surface area contributed by atoms with E-state index >= 15 is 0 Å². The molecule has 2 heterocycles. The van der Waals surface area contributed by atoms with E-state index in [1.165, 1.54) is 11.9 Å². The summed E-state index contributed by atoms with van der Waals surface area (Å²) in [6, 6.07) is 16.0. The van der Waals surface area contributed by atoms with Crippen LogP contribution in [0.2, 0.25) is 0 Å². The van der Waals surface area contributed by atoms with Crippen LogP contribution in [-0.4, -0.2) is 14.5 Å². The largest absolute Gasteiger partial charge is 0.457 e. The molecule has 0 unspecified atom stereocenters. The highest BCUT2D eigenvalue weighted by atomic mass is 16.5. The third-order valence-electron chi connectivity index (χ3n) is 4.73. The number of fused-ring (bicyclic) bond motifs is 1. The molecular formula is C23H24N4O. The Morgan fingerprint density at radius 3 is 2.39 bits per heavy atom. The van der Waals surface area contributed by atoms with Gasteiger partial charge in [-0.1, -0.05) is 24.3 Å². The summed E-state index contributed by atoms with van der Waals surface area (Å²) in [4.78, 5) is 8.68. The van der Waals surface area contributed by atoms with Crippen LogP contribution >= 0.6 is 0 Å². The normalized spacial score (nSPS) is 11.7. The monoisotopic (exact) mass is 372 g/mol. The fourth-order valence-corrected chi connectivity index (χ4v) is 3.33. The maximum Gasteiger partial charge on any atom is 0.146 e. The molecule has 0 bridgehead atoms. The van der Waals surface area contributed by atoms with Gasteiger partial charge in [0.15, 0.2) is 0 Å². The van der Waals surface area contributed by atoms with Crippen molar-refractivity contribution < 1.29 is 4.74 Å². The van der Waals surface area contributed by atoms with Crippen LogP contribution in [0.4, 0.5) is 5.82 Å². The Morgan fingerprint density at radius 1 is 0.964 bits per heavy atom. The predicted molar refractivity (Wildman–Crippen MR) is 114 cm³/mol. The van der Waals surface area contributed by atoms with Gasteiger partial charge in [0.2, 0.25) is 0 Å². The van der Waals surface area contributed by atoms with Crippen LogP contribution in [0.25, 0.3) is 22.2 Å². The average Bonchev–Trinajstić information content (AvgIpc) is 3.04. The Kier molecular flexibility index (Phi) is 4.30. The van der Waals surface area contributed by atoms with E-state index in [1.54, 1.807) is 0 Å². The van der Waals surface area contributed by atoms with Gasteiger partial charge in [0.1, 0.15) is 29.3 Å². The number of anilines is 1. The van der Waals surface area contributed by atoms with Crippen molar-refractivity contribution in [2.45, 2.75) is 33.2 Å². The van der Waals surface area contributed by atoms with Crippen LogP contribution in [0.1, 0.15) is 26.3 Å². The first-order valence-corrected chi connectivity index (χ1v) is 9.30. The second kappa shape index (κ2) is 6.68. The Morgan fingerprint density at radius 2 is 1.71 bits per heavy atom. The van der Waals surface area contributed by atoms with Crippen LogP contribution < -0.4 is 10.5 Å². The quantitative estimate of drug-likeness (QED) is 0.513. The molecule has 0 aliphatic rings. The Hall–Kier alpha value is -3.34. The first-order chi connectivity index (χ1) is 13.3. The Balaban J connectivity index is 1.74. The summed E-state index contributed by atoms with van der Waals surface area (Å²) < 4.78 is 8.11. The molecule has 0 atom stereocenters. The highest BCUT2D eigenvalue weighted by Crippen LogP contribution is 2.36. The zero-order chi connectivity index (χ0) is 19.9. The van der Waals surface area contributed by atoms with Crippen molar-refractivity contribution in [1.29, 1.82) is 0 Å². The lowest BCUT2D eigenvalue weighted by atomic mass is 10.1. The van der Waals surface area contributed by atoms with Gasteiger partial charge in [0, 0.05) is 17.3 Å². The van der Waals surface area contributed by atoms with Gasteiger partial charge in [-0.15, -0.1) is 0 Å². The van der Waals surface area contributed by atoms with Gasteiger partial charge >= 0.3 is 0 Å². The fraction of sp³-hybridized carbons (Fsp3) is 0.217. The summed E-state index contributed by atoms with van der Waals surface area (Å²) in [5.74, 6) is 2.11. The number of rotatable bonds is 3. The number of nitrogens with zero attached hydrogens (tertiary/aromatic N) is 3. The molecule has 0 saturated carbocycles. The van der Waals surface area contributed by atoms with Crippen molar-refractivity contribution in [2.24, 2.45) is 0 Å². The Labute approximate surface area is 164 Å². The van der Waals surface area contributed by atoms with E-state index < -0.39 is 0 Å². The standard InChI is InChI=1S/C23H24N4O/c1-15-6-5-7-18(12-15)28-17-10-8-16(9-11-17)19-13-27(23(2,3)4)22-20(19)21(24)25-14-26-22/h5-14H,1-4H3,(H2,24,25,26). The third kappa shape index (κ3) is 3.31. The zero-order valence-electron chi connectivity index (χ0n) is 16.6. The number of aromatic nitrogens is 3. The van der Waals surface area contributed by atoms with Crippen LogP contribution in [0, 0.1) is 6.92 Å². The number of aryl methyl sites for hydroxylation is 1. The van der Waals surface area contributed by atoms with E-state index in [9.17, 15) is 0 Å². The van der Waals surface area contributed by atoms with E-state index in [-0.39, 0.29) is 5.54 Å².